The van der Waals surface area contributed by atoms with E-state index in [-0.39, 0.29) is 32.4 Å². The highest BCUT2D eigenvalue weighted by molar-refractivity contribution is 7.89. The maximum Gasteiger partial charge on any atom is 0.417 e. The van der Waals surface area contributed by atoms with Gasteiger partial charge in [0.25, 0.3) is 0 Å². The molecule has 0 aliphatic carbocycles. The number of sulfonamides is 1. The number of hydrogen-bond donors (Lipinski definition) is 2. The van der Waals surface area contributed by atoms with Gasteiger partial charge in [0, 0.05) is 38.0 Å². The molecule has 0 saturated carbocycles. The van der Waals surface area contributed by atoms with Crippen LogP contribution in [0.2, 0.25) is 0 Å². The standard InChI is InChI=1S/C25H30F3N3O6S/c1-16(32)29-20(15-17-7-6-9-21(36-2)23(17)37-3)24(33)30-18-11-13-31(14-12-18)38(34,35)22-10-5-4-8-19(22)25(26,27)28/h4-10,18,20H,11-15H2,1-3H3,(H,29,32)(H,30,33)/t20-/m0/s1. The van der Waals surface area contributed by atoms with Crippen molar-refractivity contribution < 1.29 is 40.7 Å². The molecule has 1 heterocycles. The number of rotatable bonds is 9. The molecule has 208 valence electrons. The van der Waals surface area contributed by atoms with Gasteiger partial charge in [-0.05, 0) is 31.0 Å². The monoisotopic (exact) mass is 557 g/mol. The van der Waals surface area contributed by atoms with Gasteiger partial charge in [-0.25, -0.2) is 8.42 Å². The van der Waals surface area contributed by atoms with Crippen molar-refractivity contribution in [1.29, 1.82) is 0 Å². The number of para-hydroxylation sites is 1. The minimum Gasteiger partial charge on any atom is -0.493 e. The van der Waals surface area contributed by atoms with Gasteiger partial charge in [-0.3, -0.25) is 9.59 Å². The molecule has 0 radical (unpaired) electrons. The lowest BCUT2D eigenvalue weighted by molar-refractivity contribution is -0.140. The Morgan fingerprint density at radius 3 is 2.29 bits per heavy atom. The van der Waals surface area contributed by atoms with E-state index in [1.165, 1.54) is 27.2 Å². The Labute approximate surface area is 219 Å². The Kier molecular flexibility index (Phi) is 9.26. The summed E-state index contributed by atoms with van der Waals surface area (Å²) < 4.78 is 77.9. The summed E-state index contributed by atoms with van der Waals surface area (Å²) in [6.07, 6.45) is -4.34. The fourth-order valence-electron chi connectivity index (χ4n) is 4.40. The van der Waals surface area contributed by atoms with E-state index < -0.39 is 50.6 Å². The average molecular weight is 558 g/mol. The number of amides is 2. The van der Waals surface area contributed by atoms with Crippen LogP contribution in [0.5, 0.6) is 11.5 Å². The van der Waals surface area contributed by atoms with Crippen molar-refractivity contribution in [3.63, 3.8) is 0 Å². The third-order valence-electron chi connectivity index (χ3n) is 6.21. The second kappa shape index (κ2) is 12.0. The second-order valence-corrected chi connectivity index (χ2v) is 10.7. The van der Waals surface area contributed by atoms with Crippen LogP contribution in [0, 0.1) is 0 Å². The Hall–Kier alpha value is -3.32. The molecular formula is C25H30F3N3O6S. The highest BCUT2D eigenvalue weighted by Crippen LogP contribution is 2.36. The van der Waals surface area contributed by atoms with Crippen LogP contribution in [0.15, 0.2) is 47.4 Å². The topological polar surface area (TPSA) is 114 Å². The number of benzene rings is 2. The zero-order valence-electron chi connectivity index (χ0n) is 21.2. The predicted octanol–water partition coefficient (Wildman–Crippen LogP) is 2.74. The van der Waals surface area contributed by atoms with E-state index in [2.05, 4.69) is 10.6 Å². The van der Waals surface area contributed by atoms with Gasteiger partial charge in [-0.15, -0.1) is 0 Å². The van der Waals surface area contributed by atoms with Crippen LogP contribution in [0.3, 0.4) is 0 Å². The van der Waals surface area contributed by atoms with Gasteiger partial charge in [0.2, 0.25) is 21.8 Å². The average Bonchev–Trinajstić information content (AvgIpc) is 2.87. The fraction of sp³-hybridized carbons (Fsp3) is 0.440. The number of ether oxygens (including phenoxy) is 2. The van der Waals surface area contributed by atoms with Gasteiger partial charge < -0.3 is 20.1 Å². The van der Waals surface area contributed by atoms with Gasteiger partial charge >= 0.3 is 6.18 Å². The molecule has 0 aromatic heterocycles. The summed E-state index contributed by atoms with van der Waals surface area (Å²) in [7, 11) is -1.45. The highest BCUT2D eigenvalue weighted by atomic mass is 32.2. The highest BCUT2D eigenvalue weighted by Gasteiger charge is 2.40. The van der Waals surface area contributed by atoms with Crippen molar-refractivity contribution in [3.05, 3.63) is 53.6 Å². The molecule has 2 amide bonds. The minimum absolute atomic E-state index is 0.0754. The first-order valence-corrected chi connectivity index (χ1v) is 13.3. The summed E-state index contributed by atoms with van der Waals surface area (Å²) in [6, 6.07) is 7.84. The van der Waals surface area contributed by atoms with E-state index in [0.29, 0.717) is 17.1 Å². The molecule has 1 atom stereocenters. The number of hydrogen-bond acceptors (Lipinski definition) is 6. The molecular weight excluding hydrogens is 527 g/mol. The molecule has 2 aromatic carbocycles. The molecule has 1 saturated heterocycles. The van der Waals surface area contributed by atoms with Crippen LogP contribution >= 0.6 is 0 Å². The largest absolute Gasteiger partial charge is 0.493 e. The van der Waals surface area contributed by atoms with E-state index >= 15 is 0 Å². The van der Waals surface area contributed by atoms with E-state index in [9.17, 15) is 31.2 Å². The molecule has 1 aliphatic rings. The van der Waals surface area contributed by atoms with E-state index in [1.807, 2.05) is 0 Å². The fourth-order valence-corrected chi connectivity index (χ4v) is 6.08. The van der Waals surface area contributed by atoms with Crippen LogP contribution in [-0.2, 0) is 32.2 Å². The van der Waals surface area contributed by atoms with Crippen molar-refractivity contribution in [3.8, 4) is 11.5 Å². The molecule has 2 N–H and O–H groups in total. The SMILES string of the molecule is COc1cccc(C[C@H](NC(C)=O)C(=O)NC2CCN(S(=O)(=O)c3ccccc3C(F)(F)F)CC2)c1OC. The van der Waals surface area contributed by atoms with E-state index in [4.69, 9.17) is 9.47 Å². The predicted molar refractivity (Wildman–Crippen MR) is 132 cm³/mol. The van der Waals surface area contributed by atoms with E-state index in [0.717, 1.165) is 22.5 Å². The van der Waals surface area contributed by atoms with Crippen molar-refractivity contribution in [2.45, 2.75) is 49.3 Å². The first-order valence-electron chi connectivity index (χ1n) is 11.8. The molecule has 0 spiro atoms. The van der Waals surface area contributed by atoms with Gasteiger partial charge in [-0.2, -0.15) is 17.5 Å². The van der Waals surface area contributed by atoms with Gasteiger partial charge in [0.1, 0.15) is 6.04 Å². The van der Waals surface area contributed by atoms with E-state index in [1.54, 1.807) is 18.2 Å². The van der Waals surface area contributed by atoms with Crippen molar-refractivity contribution in [2.24, 2.45) is 0 Å². The number of carbonyl (C=O) groups is 2. The first-order chi connectivity index (χ1) is 17.9. The number of nitrogens with zero attached hydrogens (tertiary/aromatic N) is 1. The summed E-state index contributed by atoms with van der Waals surface area (Å²) >= 11 is 0. The summed E-state index contributed by atoms with van der Waals surface area (Å²) in [5.74, 6) is -0.00600. The van der Waals surface area contributed by atoms with Crippen LogP contribution in [-0.4, -0.2) is 63.9 Å². The Balaban J connectivity index is 1.70. The molecule has 0 unspecified atom stereocenters. The number of carbonyl (C=O) groups excluding carboxylic acids is 2. The second-order valence-electron chi connectivity index (χ2n) is 8.79. The van der Waals surface area contributed by atoms with Crippen molar-refractivity contribution in [1.82, 2.24) is 14.9 Å². The van der Waals surface area contributed by atoms with Crippen LogP contribution in [0.4, 0.5) is 13.2 Å². The zero-order valence-corrected chi connectivity index (χ0v) is 22.0. The van der Waals surface area contributed by atoms with Crippen LogP contribution < -0.4 is 20.1 Å². The minimum atomic E-state index is -4.82. The number of halogens is 3. The zero-order chi connectivity index (χ0) is 28.1. The summed E-state index contributed by atoms with van der Waals surface area (Å²) in [5.41, 5.74) is -0.591. The van der Waals surface area contributed by atoms with Crippen LogP contribution in [0.1, 0.15) is 30.9 Å². The van der Waals surface area contributed by atoms with Crippen molar-refractivity contribution in [2.75, 3.05) is 27.3 Å². The third kappa shape index (κ3) is 6.76. The third-order valence-corrected chi connectivity index (χ3v) is 8.17. The normalized spacial score (nSPS) is 15.9. The Morgan fingerprint density at radius 1 is 1.05 bits per heavy atom. The number of piperidine rings is 1. The number of methoxy groups -OCH3 is 2. The summed E-state index contributed by atoms with van der Waals surface area (Å²) in [5, 5.41) is 5.45. The maximum absolute atomic E-state index is 13.4. The molecule has 1 aliphatic heterocycles. The summed E-state index contributed by atoms with van der Waals surface area (Å²) in [4.78, 5) is 24.1. The first kappa shape index (κ1) is 29.2. The quantitative estimate of drug-likeness (QED) is 0.490. The molecule has 2 aromatic rings. The number of nitrogens with one attached hydrogen (secondary N) is 2. The molecule has 38 heavy (non-hydrogen) atoms. The molecule has 3 rings (SSSR count). The summed E-state index contributed by atoms with van der Waals surface area (Å²) in [6.45, 7) is 1.13. The molecule has 0 bridgehead atoms. The van der Waals surface area contributed by atoms with Crippen LogP contribution in [0.25, 0.3) is 0 Å². The number of alkyl halides is 3. The lowest BCUT2D eigenvalue weighted by Crippen LogP contribution is -2.53. The molecule has 9 nitrogen and oxygen atoms in total. The maximum atomic E-state index is 13.4. The Bertz CT molecular complexity index is 1260. The van der Waals surface area contributed by atoms with Gasteiger partial charge in [-0.1, -0.05) is 24.3 Å². The van der Waals surface area contributed by atoms with Gasteiger partial charge in [0.05, 0.1) is 24.7 Å². The lowest BCUT2D eigenvalue weighted by atomic mass is 10.0. The molecule has 1 fully saturated rings. The Morgan fingerprint density at radius 2 is 1.71 bits per heavy atom. The van der Waals surface area contributed by atoms with Gasteiger partial charge in [0.15, 0.2) is 11.5 Å². The smallest absolute Gasteiger partial charge is 0.417 e. The van der Waals surface area contributed by atoms with Crippen molar-refractivity contribution >= 4 is 21.8 Å². The lowest BCUT2D eigenvalue weighted by Gasteiger charge is -2.33. The molecule has 13 heteroatoms.